The summed E-state index contributed by atoms with van der Waals surface area (Å²) in [4.78, 5) is 12.1. The van der Waals surface area contributed by atoms with Crippen molar-refractivity contribution in [3.8, 4) is 0 Å². The molecule has 0 aliphatic heterocycles. The van der Waals surface area contributed by atoms with Crippen LogP contribution in [-0.2, 0) is 0 Å². The molecule has 100 valence electrons. The molecule has 1 saturated carbocycles. The fourth-order valence-corrected chi connectivity index (χ4v) is 5.89. The van der Waals surface area contributed by atoms with E-state index >= 15 is 0 Å². The zero-order valence-corrected chi connectivity index (χ0v) is 15.3. The van der Waals surface area contributed by atoms with E-state index in [1.54, 1.807) is 0 Å². The summed E-state index contributed by atoms with van der Waals surface area (Å²) in [5.41, 5.74) is 0.977. The Morgan fingerprint density at radius 2 is 2.06 bits per heavy atom. The second kappa shape index (κ2) is 6.37. The Hall–Kier alpha value is 0.610. The highest BCUT2D eigenvalue weighted by molar-refractivity contribution is 9.12. The van der Waals surface area contributed by atoms with Gasteiger partial charge in [-0.3, -0.25) is 4.79 Å². The lowest BCUT2D eigenvalue weighted by molar-refractivity contribution is 0.0935. The second-order valence-electron chi connectivity index (χ2n) is 4.76. The fraction of sp³-hybridized carbons (Fsp3) is 0.583. The molecule has 1 aromatic heterocycles. The molecule has 1 amide bonds. The molecule has 0 atom stereocenters. The average molecular weight is 460 g/mol. The third-order valence-electron chi connectivity index (χ3n) is 3.47. The van der Waals surface area contributed by atoms with Crippen LogP contribution in [0, 0.1) is 5.41 Å². The number of thiophene rings is 1. The van der Waals surface area contributed by atoms with E-state index in [4.69, 9.17) is 0 Å². The minimum absolute atomic E-state index is 0.0102. The molecule has 2 rings (SSSR count). The van der Waals surface area contributed by atoms with Crippen molar-refractivity contribution in [1.82, 2.24) is 5.32 Å². The summed E-state index contributed by atoms with van der Waals surface area (Å²) in [6.45, 7) is 0.761. The molecule has 1 heterocycles. The first kappa shape index (κ1) is 15.0. The quantitative estimate of drug-likeness (QED) is 0.633. The number of nitrogens with one attached hydrogen (secondary N) is 1. The number of hydrogen-bond acceptors (Lipinski definition) is 2. The van der Waals surface area contributed by atoms with Gasteiger partial charge in [-0.15, -0.1) is 11.3 Å². The van der Waals surface area contributed by atoms with Gasteiger partial charge >= 0.3 is 0 Å². The van der Waals surface area contributed by atoms with Crippen LogP contribution in [-0.4, -0.2) is 17.8 Å². The van der Waals surface area contributed by atoms with Gasteiger partial charge in [-0.1, -0.05) is 28.8 Å². The SMILES string of the molecule is O=C(NCC1(CBr)CCCC1)c1cc(Br)sc1Br. The lowest BCUT2D eigenvalue weighted by Gasteiger charge is -2.26. The van der Waals surface area contributed by atoms with Crippen LogP contribution in [0.3, 0.4) is 0 Å². The summed E-state index contributed by atoms with van der Waals surface area (Å²) < 4.78 is 1.85. The van der Waals surface area contributed by atoms with E-state index in [9.17, 15) is 4.79 Å². The Kier molecular flexibility index (Phi) is 5.31. The van der Waals surface area contributed by atoms with Gasteiger partial charge in [0.15, 0.2) is 0 Å². The fourth-order valence-electron chi connectivity index (χ4n) is 2.34. The van der Waals surface area contributed by atoms with Gasteiger partial charge in [0.05, 0.1) is 13.1 Å². The van der Waals surface area contributed by atoms with Gasteiger partial charge in [0.1, 0.15) is 0 Å². The summed E-state index contributed by atoms with van der Waals surface area (Å²) in [6.07, 6.45) is 4.95. The Morgan fingerprint density at radius 3 is 2.56 bits per heavy atom. The molecular formula is C12H14Br3NOS. The van der Waals surface area contributed by atoms with Crippen LogP contribution >= 0.6 is 59.1 Å². The molecule has 6 heteroatoms. The van der Waals surface area contributed by atoms with Crippen molar-refractivity contribution in [2.45, 2.75) is 25.7 Å². The van der Waals surface area contributed by atoms with Crippen LogP contribution in [0.1, 0.15) is 36.0 Å². The van der Waals surface area contributed by atoms with Gasteiger partial charge in [0.2, 0.25) is 0 Å². The first-order valence-electron chi connectivity index (χ1n) is 5.85. The Labute approximate surface area is 136 Å². The van der Waals surface area contributed by atoms with E-state index in [-0.39, 0.29) is 11.3 Å². The molecule has 1 fully saturated rings. The standard InChI is InChI=1S/C12H14Br3NOS/c13-6-12(3-1-2-4-12)7-16-11(17)8-5-9(14)18-10(8)15/h5H,1-4,6-7H2,(H,16,17). The maximum Gasteiger partial charge on any atom is 0.253 e. The normalized spacial score (nSPS) is 17.9. The third kappa shape index (κ3) is 3.38. The van der Waals surface area contributed by atoms with Gasteiger partial charge in [-0.05, 0) is 56.2 Å². The molecule has 0 aromatic carbocycles. The Bertz CT molecular complexity index is 441. The average Bonchev–Trinajstić information content (AvgIpc) is 2.94. The highest BCUT2D eigenvalue weighted by Gasteiger charge is 2.33. The first-order chi connectivity index (χ1) is 8.56. The number of hydrogen-bond donors (Lipinski definition) is 1. The highest BCUT2D eigenvalue weighted by atomic mass is 79.9. The zero-order chi connectivity index (χ0) is 13.2. The summed E-state index contributed by atoms with van der Waals surface area (Å²) in [5.74, 6) is 0.0102. The largest absolute Gasteiger partial charge is 0.351 e. The van der Waals surface area contributed by atoms with Gasteiger partial charge in [0, 0.05) is 11.9 Å². The Morgan fingerprint density at radius 1 is 1.39 bits per heavy atom. The van der Waals surface area contributed by atoms with Crippen LogP contribution < -0.4 is 5.32 Å². The first-order valence-corrected chi connectivity index (χ1v) is 9.38. The minimum atomic E-state index is 0.0102. The number of alkyl halides is 1. The molecule has 1 N–H and O–H groups in total. The van der Waals surface area contributed by atoms with E-state index in [1.165, 1.54) is 37.0 Å². The van der Waals surface area contributed by atoms with Crippen molar-refractivity contribution in [1.29, 1.82) is 0 Å². The van der Waals surface area contributed by atoms with Crippen molar-refractivity contribution in [3.05, 3.63) is 19.2 Å². The molecule has 2 nitrogen and oxygen atoms in total. The van der Waals surface area contributed by atoms with E-state index in [0.29, 0.717) is 0 Å². The third-order valence-corrected chi connectivity index (χ3v) is 7.00. The van der Waals surface area contributed by atoms with Crippen LogP contribution in [0.25, 0.3) is 0 Å². The maximum atomic E-state index is 12.1. The van der Waals surface area contributed by atoms with E-state index < -0.39 is 0 Å². The predicted octanol–water partition coefficient (Wildman–Crippen LogP) is 4.96. The summed E-state index contributed by atoms with van der Waals surface area (Å²) in [5, 5.41) is 4.04. The van der Waals surface area contributed by atoms with Gasteiger partial charge in [-0.2, -0.15) is 0 Å². The van der Waals surface area contributed by atoms with Crippen molar-refractivity contribution < 1.29 is 4.79 Å². The molecule has 0 bridgehead atoms. The smallest absolute Gasteiger partial charge is 0.253 e. The van der Waals surface area contributed by atoms with E-state index in [0.717, 1.165) is 25.0 Å². The number of rotatable bonds is 4. The number of carbonyl (C=O) groups excluding carboxylic acids is 1. The van der Waals surface area contributed by atoms with Crippen LogP contribution in [0.5, 0.6) is 0 Å². The van der Waals surface area contributed by atoms with Crippen LogP contribution in [0.2, 0.25) is 0 Å². The van der Waals surface area contributed by atoms with E-state index in [1.807, 2.05) is 6.07 Å². The lowest BCUT2D eigenvalue weighted by Crippen LogP contribution is -2.37. The van der Waals surface area contributed by atoms with Gasteiger partial charge < -0.3 is 5.32 Å². The highest BCUT2D eigenvalue weighted by Crippen LogP contribution is 2.39. The lowest BCUT2D eigenvalue weighted by atomic mass is 9.89. The van der Waals surface area contributed by atoms with E-state index in [2.05, 4.69) is 53.1 Å². The van der Waals surface area contributed by atoms with Crippen molar-refractivity contribution in [2.24, 2.45) is 5.41 Å². The van der Waals surface area contributed by atoms with Crippen LogP contribution in [0.4, 0.5) is 0 Å². The molecule has 0 unspecified atom stereocenters. The molecule has 18 heavy (non-hydrogen) atoms. The molecular weight excluding hydrogens is 446 g/mol. The summed E-state index contributed by atoms with van der Waals surface area (Å²) >= 11 is 11.9. The molecule has 0 spiro atoms. The molecule has 0 radical (unpaired) electrons. The molecule has 1 aliphatic rings. The van der Waals surface area contributed by atoms with Gasteiger partial charge in [-0.25, -0.2) is 0 Å². The van der Waals surface area contributed by atoms with Crippen molar-refractivity contribution >= 4 is 65.0 Å². The van der Waals surface area contributed by atoms with Crippen LogP contribution in [0.15, 0.2) is 13.6 Å². The molecule has 1 aromatic rings. The monoisotopic (exact) mass is 457 g/mol. The van der Waals surface area contributed by atoms with Gasteiger partial charge in [0.25, 0.3) is 5.91 Å². The Balaban J connectivity index is 1.98. The van der Waals surface area contributed by atoms with Crippen molar-refractivity contribution in [3.63, 3.8) is 0 Å². The minimum Gasteiger partial charge on any atom is -0.351 e. The second-order valence-corrected chi connectivity index (χ2v) is 9.07. The predicted molar refractivity (Wildman–Crippen MR) is 86.7 cm³/mol. The van der Waals surface area contributed by atoms with Crippen molar-refractivity contribution in [2.75, 3.05) is 11.9 Å². The summed E-state index contributed by atoms with van der Waals surface area (Å²) in [6, 6.07) is 1.86. The zero-order valence-electron chi connectivity index (χ0n) is 9.77. The number of carbonyl (C=O) groups is 1. The summed E-state index contributed by atoms with van der Waals surface area (Å²) in [7, 11) is 0. The molecule has 0 saturated heterocycles. The number of amides is 1. The topological polar surface area (TPSA) is 29.1 Å². The maximum absolute atomic E-state index is 12.1. The number of halogens is 3. The molecule has 1 aliphatic carbocycles.